The predicted molar refractivity (Wildman–Crippen MR) is 115 cm³/mol. The number of carbonyl (C=O) groups is 1. The van der Waals surface area contributed by atoms with Gasteiger partial charge in [-0.1, -0.05) is 30.3 Å². The van der Waals surface area contributed by atoms with Gasteiger partial charge < -0.3 is 4.98 Å². The van der Waals surface area contributed by atoms with Gasteiger partial charge in [0, 0.05) is 35.1 Å². The van der Waals surface area contributed by atoms with E-state index in [2.05, 4.69) is 28.1 Å². The number of nitrogens with one attached hydrogen (secondary N) is 1. The molecule has 0 amide bonds. The Morgan fingerprint density at radius 1 is 1.21 bits per heavy atom. The number of fused-ring (bicyclic) bond motifs is 2. The van der Waals surface area contributed by atoms with Crippen LogP contribution in [0.1, 0.15) is 41.0 Å². The van der Waals surface area contributed by atoms with Crippen LogP contribution in [0.2, 0.25) is 0 Å². The van der Waals surface area contributed by atoms with Gasteiger partial charge in [-0.05, 0) is 44.5 Å². The van der Waals surface area contributed by atoms with E-state index in [1.165, 1.54) is 9.71 Å². The molecule has 0 aliphatic carbocycles. The van der Waals surface area contributed by atoms with E-state index in [1.807, 2.05) is 43.5 Å². The second kappa shape index (κ2) is 7.15. The van der Waals surface area contributed by atoms with Crippen LogP contribution in [-0.4, -0.2) is 39.8 Å². The predicted octanol–water partition coefficient (Wildman–Crippen LogP) is 5.23. The molecule has 0 spiro atoms. The lowest BCUT2D eigenvalue weighted by atomic mass is 9.95. The summed E-state index contributed by atoms with van der Waals surface area (Å²) in [7, 11) is 0. The average Bonchev–Trinajstić information content (AvgIpc) is 3.37. The fraction of sp³-hybridized carbons (Fsp3) is 0.304. The van der Waals surface area contributed by atoms with Crippen LogP contribution < -0.4 is 0 Å². The number of piperidine rings is 1. The van der Waals surface area contributed by atoms with E-state index in [0.717, 1.165) is 47.9 Å². The summed E-state index contributed by atoms with van der Waals surface area (Å²) in [5.41, 5.74) is 2.90. The fourth-order valence-corrected chi connectivity index (χ4v) is 5.38. The lowest BCUT2D eigenvalue weighted by Gasteiger charge is -2.35. The number of likely N-dealkylation sites (tertiary alicyclic amines) is 1. The Kier molecular flexibility index (Phi) is 4.49. The van der Waals surface area contributed by atoms with E-state index in [0.29, 0.717) is 5.92 Å². The number of nitrogens with zero attached hydrogens (tertiary/aromatic N) is 2. The number of carbonyl (C=O) groups excluding carboxylic acids is 1. The third-order valence-electron chi connectivity index (χ3n) is 5.89. The summed E-state index contributed by atoms with van der Waals surface area (Å²) in [6, 6.07) is 16.2. The largest absolute Gasteiger partial charge is 0.360 e. The number of Topliss-reactive ketones (excluding diaryl/α,β-unsaturated/α-hetero) is 1. The van der Waals surface area contributed by atoms with Gasteiger partial charge >= 0.3 is 0 Å². The molecule has 142 valence electrons. The van der Waals surface area contributed by atoms with Crippen LogP contribution in [0.3, 0.4) is 0 Å². The Morgan fingerprint density at radius 3 is 2.93 bits per heavy atom. The van der Waals surface area contributed by atoms with Crippen molar-refractivity contribution in [3.63, 3.8) is 0 Å². The van der Waals surface area contributed by atoms with Crippen molar-refractivity contribution in [1.82, 2.24) is 14.9 Å². The molecule has 0 bridgehead atoms. The lowest BCUT2D eigenvalue weighted by molar-refractivity contribution is 0.0793. The highest BCUT2D eigenvalue weighted by Gasteiger charge is 2.30. The molecule has 28 heavy (non-hydrogen) atoms. The second-order valence-electron chi connectivity index (χ2n) is 7.64. The molecule has 0 unspecified atom stereocenters. The molecular formula is C23H23N3OS. The summed E-state index contributed by atoms with van der Waals surface area (Å²) in [6.07, 6.45) is 4.11. The molecule has 0 radical (unpaired) electrons. The number of rotatable bonds is 4. The van der Waals surface area contributed by atoms with Crippen LogP contribution in [-0.2, 0) is 0 Å². The summed E-state index contributed by atoms with van der Waals surface area (Å²) in [5.74, 6) is 0.603. The van der Waals surface area contributed by atoms with Crippen molar-refractivity contribution in [3.05, 3.63) is 65.3 Å². The van der Waals surface area contributed by atoms with Crippen LogP contribution in [0.25, 0.3) is 21.1 Å². The van der Waals surface area contributed by atoms with E-state index in [1.54, 1.807) is 11.3 Å². The normalized spacial score (nSPS) is 19.2. The minimum Gasteiger partial charge on any atom is -0.360 e. The number of ketones is 1. The number of thiazole rings is 1. The summed E-state index contributed by atoms with van der Waals surface area (Å²) < 4.78 is 1.25. The number of hydrogen-bond donors (Lipinski definition) is 1. The number of aromatic nitrogens is 2. The number of hydrogen-bond acceptors (Lipinski definition) is 4. The number of H-pyrrole nitrogens is 1. The molecule has 2 atom stereocenters. The maximum atomic E-state index is 13.2. The quantitative estimate of drug-likeness (QED) is 0.486. The highest BCUT2D eigenvalue weighted by Crippen LogP contribution is 2.34. The molecule has 1 aliphatic heterocycles. The van der Waals surface area contributed by atoms with Gasteiger partial charge in [0.25, 0.3) is 0 Å². The Balaban J connectivity index is 1.37. The molecule has 2 aromatic heterocycles. The summed E-state index contributed by atoms with van der Waals surface area (Å²) in [4.78, 5) is 23.7. The van der Waals surface area contributed by atoms with E-state index < -0.39 is 0 Å². The van der Waals surface area contributed by atoms with Crippen molar-refractivity contribution >= 4 is 38.2 Å². The van der Waals surface area contributed by atoms with E-state index in [9.17, 15) is 4.79 Å². The first-order valence-corrected chi connectivity index (χ1v) is 10.7. The highest BCUT2D eigenvalue weighted by atomic mass is 32.1. The average molecular weight is 390 g/mol. The van der Waals surface area contributed by atoms with Crippen molar-refractivity contribution in [1.29, 1.82) is 0 Å². The van der Waals surface area contributed by atoms with Gasteiger partial charge in [-0.3, -0.25) is 9.69 Å². The maximum absolute atomic E-state index is 13.2. The molecule has 5 rings (SSSR count). The van der Waals surface area contributed by atoms with E-state index in [-0.39, 0.29) is 11.8 Å². The summed E-state index contributed by atoms with van der Waals surface area (Å²) >= 11 is 1.80. The second-order valence-corrected chi connectivity index (χ2v) is 8.70. The van der Waals surface area contributed by atoms with Gasteiger partial charge in [0.15, 0.2) is 5.78 Å². The van der Waals surface area contributed by atoms with Gasteiger partial charge in [-0.2, -0.15) is 0 Å². The van der Waals surface area contributed by atoms with Gasteiger partial charge in [0.1, 0.15) is 0 Å². The zero-order valence-electron chi connectivity index (χ0n) is 15.9. The van der Waals surface area contributed by atoms with Crippen molar-refractivity contribution < 1.29 is 4.79 Å². The molecule has 1 N–H and O–H groups in total. The van der Waals surface area contributed by atoms with Crippen LogP contribution in [0.5, 0.6) is 0 Å². The molecule has 5 heteroatoms. The third kappa shape index (κ3) is 3.05. The van der Waals surface area contributed by atoms with Crippen LogP contribution in [0.4, 0.5) is 0 Å². The lowest BCUT2D eigenvalue weighted by Crippen LogP contribution is -2.44. The Bertz CT molecular complexity index is 1110. The van der Waals surface area contributed by atoms with Crippen molar-refractivity contribution in [2.45, 2.75) is 31.7 Å². The minimum absolute atomic E-state index is 0.128. The van der Waals surface area contributed by atoms with Gasteiger partial charge in [-0.15, -0.1) is 11.3 Å². The van der Waals surface area contributed by atoms with Crippen molar-refractivity contribution in [3.8, 4) is 0 Å². The van der Waals surface area contributed by atoms with E-state index >= 15 is 0 Å². The van der Waals surface area contributed by atoms with Crippen molar-refractivity contribution in [2.75, 3.05) is 13.1 Å². The highest BCUT2D eigenvalue weighted by molar-refractivity contribution is 7.18. The monoisotopic (exact) mass is 389 g/mol. The minimum atomic E-state index is -0.128. The first-order valence-electron chi connectivity index (χ1n) is 9.90. The Labute approximate surface area is 168 Å². The Hall–Kier alpha value is -2.50. The smallest absolute Gasteiger partial charge is 0.181 e. The molecule has 2 aromatic carbocycles. The van der Waals surface area contributed by atoms with Gasteiger partial charge in [0.05, 0.1) is 21.3 Å². The van der Waals surface area contributed by atoms with Gasteiger partial charge in [0.2, 0.25) is 0 Å². The maximum Gasteiger partial charge on any atom is 0.181 e. The topological polar surface area (TPSA) is 49.0 Å². The van der Waals surface area contributed by atoms with Crippen molar-refractivity contribution in [2.24, 2.45) is 0 Å². The van der Waals surface area contributed by atoms with Crippen LogP contribution in [0, 0.1) is 0 Å². The standard InChI is InChI=1S/C23H23N3OS/c1-15(22(27)18-13-24-19-9-3-2-8-17(18)19)26-12-6-7-16(14-26)23-25-20-10-4-5-11-21(20)28-23/h2-5,8-11,13,15-16,24H,6-7,12,14H2,1H3/t15-,16+/m1/s1. The molecule has 1 aliphatic rings. The summed E-state index contributed by atoms with van der Waals surface area (Å²) in [6.45, 7) is 3.91. The first kappa shape index (κ1) is 17.6. The molecule has 1 saturated heterocycles. The van der Waals surface area contributed by atoms with Crippen LogP contribution >= 0.6 is 11.3 Å². The molecule has 3 heterocycles. The third-order valence-corrected chi connectivity index (χ3v) is 7.09. The molecule has 1 fully saturated rings. The Morgan fingerprint density at radius 2 is 2.04 bits per heavy atom. The number of benzene rings is 2. The van der Waals surface area contributed by atoms with Crippen LogP contribution in [0.15, 0.2) is 54.7 Å². The number of aromatic amines is 1. The SMILES string of the molecule is C[C@H](C(=O)c1c[nH]c2ccccc12)N1CCC[C@H](c2nc3ccccc3s2)C1. The molecule has 4 nitrogen and oxygen atoms in total. The summed E-state index contributed by atoms with van der Waals surface area (Å²) in [5, 5.41) is 2.22. The van der Waals surface area contributed by atoms with Gasteiger partial charge in [-0.25, -0.2) is 4.98 Å². The zero-order chi connectivity index (χ0) is 19.1. The molecule has 0 saturated carbocycles. The van der Waals surface area contributed by atoms with E-state index in [4.69, 9.17) is 4.98 Å². The number of para-hydroxylation sites is 2. The molecule has 4 aromatic rings. The fourth-order valence-electron chi connectivity index (χ4n) is 4.29. The first-order chi connectivity index (χ1) is 13.7. The zero-order valence-corrected chi connectivity index (χ0v) is 16.7. The molecular weight excluding hydrogens is 366 g/mol.